The standard InChI is InChI=1S/C22H18ClNO4/c1-27-21-12-11-15(13-18(21)23)19(25)14-28-20-10-6-5-9-17(20)22(26)24-16-7-3-2-4-8-16/h2-13H,14H2,1H3,(H,24,26). The number of anilines is 1. The van der Waals surface area contributed by atoms with Gasteiger partial charge in [0.15, 0.2) is 12.4 Å². The summed E-state index contributed by atoms with van der Waals surface area (Å²) in [5, 5.41) is 3.15. The van der Waals surface area contributed by atoms with Crippen molar-refractivity contribution in [3.8, 4) is 11.5 Å². The number of para-hydroxylation sites is 2. The van der Waals surface area contributed by atoms with E-state index in [1.807, 2.05) is 18.2 Å². The first-order chi connectivity index (χ1) is 13.6. The third-order valence-corrected chi connectivity index (χ3v) is 4.29. The van der Waals surface area contributed by atoms with Crippen LogP contribution in [0, 0.1) is 0 Å². The van der Waals surface area contributed by atoms with Crippen LogP contribution < -0.4 is 14.8 Å². The lowest BCUT2D eigenvalue weighted by Gasteiger charge is -2.12. The Morgan fingerprint density at radius 2 is 1.64 bits per heavy atom. The Labute approximate surface area is 167 Å². The lowest BCUT2D eigenvalue weighted by Crippen LogP contribution is -2.16. The number of halogens is 1. The van der Waals surface area contributed by atoms with Crippen molar-refractivity contribution < 1.29 is 19.1 Å². The van der Waals surface area contributed by atoms with Crippen LogP contribution in [0.4, 0.5) is 5.69 Å². The third-order valence-electron chi connectivity index (χ3n) is 4.00. The van der Waals surface area contributed by atoms with Crippen molar-refractivity contribution in [1.29, 1.82) is 0 Å². The first-order valence-corrected chi connectivity index (χ1v) is 8.91. The van der Waals surface area contributed by atoms with Crippen molar-refractivity contribution in [2.45, 2.75) is 0 Å². The Kier molecular flexibility index (Phi) is 6.29. The summed E-state index contributed by atoms with van der Waals surface area (Å²) in [4.78, 5) is 25.0. The zero-order chi connectivity index (χ0) is 19.9. The van der Waals surface area contributed by atoms with Crippen LogP contribution in [0.1, 0.15) is 20.7 Å². The average Bonchev–Trinajstić information content (AvgIpc) is 2.72. The molecular formula is C22H18ClNO4. The molecule has 0 unspecified atom stereocenters. The molecule has 1 amide bonds. The first kappa shape index (κ1) is 19.5. The highest BCUT2D eigenvalue weighted by Crippen LogP contribution is 2.25. The van der Waals surface area contributed by atoms with Gasteiger partial charge in [-0.05, 0) is 42.5 Å². The zero-order valence-corrected chi connectivity index (χ0v) is 15.9. The number of nitrogens with one attached hydrogen (secondary N) is 1. The quantitative estimate of drug-likeness (QED) is 0.580. The summed E-state index contributed by atoms with van der Waals surface area (Å²) < 4.78 is 10.7. The third kappa shape index (κ3) is 4.69. The highest BCUT2D eigenvalue weighted by atomic mass is 35.5. The average molecular weight is 396 g/mol. The minimum absolute atomic E-state index is 0.224. The van der Waals surface area contributed by atoms with Gasteiger partial charge in [-0.1, -0.05) is 41.9 Å². The molecule has 0 aliphatic rings. The summed E-state index contributed by atoms with van der Waals surface area (Å²) >= 11 is 6.06. The number of hydrogen-bond donors (Lipinski definition) is 1. The summed E-state index contributed by atoms with van der Waals surface area (Å²) in [6.45, 7) is -0.224. The lowest BCUT2D eigenvalue weighted by molar-refractivity contribution is 0.0914. The summed E-state index contributed by atoms with van der Waals surface area (Å²) in [7, 11) is 1.50. The van der Waals surface area contributed by atoms with Crippen molar-refractivity contribution >= 4 is 29.0 Å². The van der Waals surface area contributed by atoms with E-state index in [1.165, 1.54) is 13.2 Å². The maximum absolute atomic E-state index is 12.6. The number of methoxy groups -OCH3 is 1. The van der Waals surface area contributed by atoms with Crippen LogP contribution in [0.2, 0.25) is 5.02 Å². The first-order valence-electron chi connectivity index (χ1n) is 8.53. The van der Waals surface area contributed by atoms with Gasteiger partial charge >= 0.3 is 0 Å². The molecule has 0 saturated carbocycles. The molecule has 0 aliphatic heterocycles. The number of amides is 1. The molecule has 6 heteroatoms. The molecular weight excluding hydrogens is 378 g/mol. The number of benzene rings is 3. The van der Waals surface area contributed by atoms with Gasteiger partial charge in [-0.2, -0.15) is 0 Å². The van der Waals surface area contributed by atoms with E-state index < -0.39 is 0 Å². The minimum atomic E-state index is -0.318. The molecule has 0 aromatic heterocycles. The van der Waals surface area contributed by atoms with Gasteiger partial charge in [0, 0.05) is 11.3 Å². The molecule has 0 aliphatic carbocycles. The molecule has 0 fully saturated rings. The van der Waals surface area contributed by atoms with Gasteiger partial charge in [0.25, 0.3) is 5.91 Å². The fraction of sp³-hybridized carbons (Fsp3) is 0.0909. The Hall–Kier alpha value is -3.31. The molecule has 5 nitrogen and oxygen atoms in total. The van der Waals surface area contributed by atoms with E-state index in [2.05, 4.69) is 5.32 Å². The predicted octanol–water partition coefficient (Wildman–Crippen LogP) is 4.86. The summed E-state index contributed by atoms with van der Waals surface area (Å²) in [5.74, 6) is 0.232. The highest BCUT2D eigenvalue weighted by Gasteiger charge is 2.15. The Balaban J connectivity index is 1.70. The van der Waals surface area contributed by atoms with E-state index in [4.69, 9.17) is 21.1 Å². The molecule has 0 saturated heterocycles. The number of Topliss-reactive ketones (excluding diaryl/α,β-unsaturated/α-hetero) is 1. The molecule has 28 heavy (non-hydrogen) atoms. The SMILES string of the molecule is COc1ccc(C(=O)COc2ccccc2C(=O)Nc2ccccc2)cc1Cl. The van der Waals surface area contributed by atoms with Gasteiger partial charge in [0.05, 0.1) is 17.7 Å². The molecule has 0 heterocycles. The number of rotatable bonds is 7. The van der Waals surface area contributed by atoms with E-state index in [9.17, 15) is 9.59 Å². The second-order valence-corrected chi connectivity index (χ2v) is 6.28. The Bertz CT molecular complexity index is 989. The maximum atomic E-state index is 12.6. The highest BCUT2D eigenvalue weighted by molar-refractivity contribution is 6.32. The predicted molar refractivity (Wildman–Crippen MR) is 109 cm³/mol. The molecule has 3 aromatic rings. The van der Waals surface area contributed by atoms with E-state index >= 15 is 0 Å². The fourth-order valence-corrected chi connectivity index (χ4v) is 2.82. The smallest absolute Gasteiger partial charge is 0.259 e. The van der Waals surface area contributed by atoms with Crippen molar-refractivity contribution in [1.82, 2.24) is 0 Å². The lowest BCUT2D eigenvalue weighted by atomic mass is 10.1. The molecule has 0 radical (unpaired) electrons. The van der Waals surface area contributed by atoms with Crippen LogP contribution in [0.5, 0.6) is 11.5 Å². The number of carbonyl (C=O) groups is 2. The van der Waals surface area contributed by atoms with Crippen LogP contribution in [0.15, 0.2) is 72.8 Å². The minimum Gasteiger partial charge on any atom is -0.495 e. The fourth-order valence-electron chi connectivity index (χ4n) is 2.57. The second-order valence-electron chi connectivity index (χ2n) is 5.88. The monoisotopic (exact) mass is 395 g/mol. The number of carbonyl (C=O) groups excluding carboxylic acids is 2. The van der Waals surface area contributed by atoms with Crippen molar-refractivity contribution in [2.75, 3.05) is 19.0 Å². The summed E-state index contributed by atoms with van der Waals surface area (Å²) in [6.07, 6.45) is 0. The van der Waals surface area contributed by atoms with E-state index in [-0.39, 0.29) is 18.3 Å². The number of ether oxygens (including phenoxy) is 2. The summed E-state index contributed by atoms with van der Waals surface area (Å²) in [5.41, 5.74) is 1.41. The van der Waals surface area contributed by atoms with E-state index in [0.29, 0.717) is 33.3 Å². The van der Waals surface area contributed by atoms with Gasteiger partial charge in [-0.15, -0.1) is 0 Å². The number of hydrogen-bond acceptors (Lipinski definition) is 4. The van der Waals surface area contributed by atoms with Crippen LogP contribution in [0.3, 0.4) is 0 Å². The molecule has 3 rings (SSSR count). The van der Waals surface area contributed by atoms with Crippen LogP contribution >= 0.6 is 11.6 Å². The maximum Gasteiger partial charge on any atom is 0.259 e. The van der Waals surface area contributed by atoms with Crippen LogP contribution in [-0.4, -0.2) is 25.4 Å². The van der Waals surface area contributed by atoms with Crippen molar-refractivity contribution in [3.63, 3.8) is 0 Å². The normalized spacial score (nSPS) is 10.2. The van der Waals surface area contributed by atoms with Gasteiger partial charge in [0.2, 0.25) is 0 Å². The zero-order valence-electron chi connectivity index (χ0n) is 15.1. The largest absolute Gasteiger partial charge is 0.495 e. The van der Waals surface area contributed by atoms with E-state index in [1.54, 1.807) is 48.5 Å². The molecule has 0 atom stereocenters. The molecule has 3 aromatic carbocycles. The molecule has 0 bridgehead atoms. The van der Waals surface area contributed by atoms with Crippen LogP contribution in [-0.2, 0) is 0 Å². The molecule has 142 valence electrons. The van der Waals surface area contributed by atoms with Gasteiger partial charge in [-0.25, -0.2) is 0 Å². The number of ketones is 1. The van der Waals surface area contributed by atoms with Gasteiger partial charge in [0.1, 0.15) is 11.5 Å². The van der Waals surface area contributed by atoms with Gasteiger partial charge < -0.3 is 14.8 Å². The Morgan fingerprint density at radius 3 is 2.36 bits per heavy atom. The van der Waals surface area contributed by atoms with Gasteiger partial charge in [-0.3, -0.25) is 9.59 Å². The summed E-state index contributed by atoms with van der Waals surface area (Å²) in [6, 6.07) is 20.6. The van der Waals surface area contributed by atoms with Crippen LogP contribution in [0.25, 0.3) is 0 Å². The molecule has 1 N–H and O–H groups in total. The topological polar surface area (TPSA) is 64.6 Å². The van der Waals surface area contributed by atoms with Crippen molar-refractivity contribution in [3.05, 3.63) is 88.9 Å². The van der Waals surface area contributed by atoms with E-state index in [0.717, 1.165) is 0 Å². The molecule has 0 spiro atoms. The Morgan fingerprint density at radius 1 is 0.929 bits per heavy atom. The second kappa shape index (κ2) is 9.06. The van der Waals surface area contributed by atoms with Crippen molar-refractivity contribution in [2.24, 2.45) is 0 Å².